The van der Waals surface area contributed by atoms with Gasteiger partial charge in [0.25, 0.3) is 0 Å². The van der Waals surface area contributed by atoms with Gasteiger partial charge in [-0.3, -0.25) is 9.59 Å². The summed E-state index contributed by atoms with van der Waals surface area (Å²) in [4.78, 5) is 36.8. The Labute approximate surface area is 224 Å². The summed E-state index contributed by atoms with van der Waals surface area (Å²) < 4.78 is 13.5. The molecule has 2 rings (SSSR count). The maximum atomic E-state index is 13.5. The molecule has 0 spiro atoms. The van der Waals surface area contributed by atoms with Gasteiger partial charge in [0.15, 0.2) is 0 Å². The summed E-state index contributed by atoms with van der Waals surface area (Å²) in [6.07, 6.45) is 7.01. The lowest BCUT2D eigenvalue weighted by atomic mass is 10.2. The highest BCUT2D eigenvalue weighted by molar-refractivity contribution is 5.92. The molecule has 0 bridgehead atoms. The first-order valence-electron chi connectivity index (χ1n) is 12.7. The molecule has 204 valence electrons. The van der Waals surface area contributed by atoms with E-state index >= 15 is 0 Å². The molecule has 1 aromatic heterocycles. The smallest absolute Gasteiger partial charge is 0.246 e. The van der Waals surface area contributed by atoms with Gasteiger partial charge in [-0.1, -0.05) is 30.9 Å². The Bertz CT molecular complexity index is 1160. The van der Waals surface area contributed by atoms with Crippen LogP contribution >= 0.6 is 0 Å². The zero-order chi connectivity index (χ0) is 27.9. The van der Waals surface area contributed by atoms with Gasteiger partial charge in [0, 0.05) is 44.9 Å². The van der Waals surface area contributed by atoms with E-state index in [0.29, 0.717) is 48.9 Å². The van der Waals surface area contributed by atoms with E-state index in [1.165, 1.54) is 23.1 Å². The zero-order valence-corrected chi connectivity index (χ0v) is 22.8. The quantitative estimate of drug-likeness (QED) is 0.210. The second kappa shape index (κ2) is 16.0. The number of aromatic nitrogens is 2. The van der Waals surface area contributed by atoms with Gasteiger partial charge in [-0.05, 0) is 52.1 Å². The van der Waals surface area contributed by atoms with Crippen molar-refractivity contribution >= 4 is 29.3 Å². The highest BCUT2D eigenvalue weighted by Crippen LogP contribution is 2.18. The normalized spacial score (nSPS) is 11.6. The van der Waals surface area contributed by atoms with Crippen molar-refractivity contribution in [3.63, 3.8) is 0 Å². The van der Waals surface area contributed by atoms with Gasteiger partial charge in [0.2, 0.25) is 17.8 Å². The molecule has 0 saturated heterocycles. The zero-order valence-electron chi connectivity index (χ0n) is 22.8. The second-order valence-electron chi connectivity index (χ2n) is 9.00. The number of hydrogen-bond acceptors (Lipinski definition) is 7. The van der Waals surface area contributed by atoms with Gasteiger partial charge in [-0.25, -0.2) is 9.37 Å². The predicted molar refractivity (Wildman–Crippen MR) is 150 cm³/mol. The van der Waals surface area contributed by atoms with Crippen LogP contribution in [0.15, 0.2) is 42.6 Å². The molecule has 1 atom stereocenters. The van der Waals surface area contributed by atoms with E-state index in [-0.39, 0.29) is 17.6 Å². The topological polar surface area (TPSA) is 102 Å². The number of hydrogen-bond donors (Lipinski definition) is 3. The molecule has 3 N–H and O–H groups in total. The minimum atomic E-state index is -0.582. The Morgan fingerprint density at radius 2 is 2.00 bits per heavy atom. The number of carbonyl (C=O) groups is 2. The monoisotopic (exact) mass is 523 g/mol. The van der Waals surface area contributed by atoms with Crippen molar-refractivity contribution in [2.24, 2.45) is 0 Å². The molecule has 0 aliphatic heterocycles. The van der Waals surface area contributed by atoms with Crippen molar-refractivity contribution in [2.75, 3.05) is 51.4 Å². The fourth-order valence-corrected chi connectivity index (χ4v) is 3.15. The molecular formula is C28H38FN7O2. The van der Waals surface area contributed by atoms with Gasteiger partial charge in [0.05, 0.1) is 11.8 Å². The Morgan fingerprint density at radius 1 is 1.21 bits per heavy atom. The largest absolute Gasteiger partial charge is 0.369 e. The molecule has 9 nitrogen and oxygen atoms in total. The molecule has 1 heterocycles. The van der Waals surface area contributed by atoms with Crippen LogP contribution in [-0.4, -0.2) is 78.4 Å². The van der Waals surface area contributed by atoms with Crippen LogP contribution in [-0.2, 0) is 9.59 Å². The van der Waals surface area contributed by atoms with E-state index < -0.39 is 6.04 Å². The molecule has 0 aliphatic rings. The van der Waals surface area contributed by atoms with Crippen LogP contribution in [0.5, 0.6) is 0 Å². The van der Waals surface area contributed by atoms with E-state index in [2.05, 4.69) is 44.7 Å². The number of halogens is 1. The summed E-state index contributed by atoms with van der Waals surface area (Å²) >= 11 is 0. The highest BCUT2D eigenvalue weighted by atomic mass is 19.1. The van der Waals surface area contributed by atoms with Gasteiger partial charge < -0.3 is 25.8 Å². The van der Waals surface area contributed by atoms with Crippen LogP contribution < -0.4 is 16.0 Å². The lowest BCUT2D eigenvalue weighted by Crippen LogP contribution is -2.45. The molecule has 0 fully saturated rings. The van der Waals surface area contributed by atoms with Crippen LogP contribution in [0.4, 0.5) is 21.8 Å². The Morgan fingerprint density at radius 3 is 2.71 bits per heavy atom. The third-order valence-electron chi connectivity index (χ3n) is 5.45. The molecule has 38 heavy (non-hydrogen) atoms. The van der Waals surface area contributed by atoms with E-state index in [4.69, 9.17) is 0 Å². The summed E-state index contributed by atoms with van der Waals surface area (Å²) in [5.74, 6) is 6.36. The molecule has 1 unspecified atom stereocenters. The lowest BCUT2D eigenvalue weighted by molar-refractivity contribution is -0.135. The average Bonchev–Trinajstić information content (AvgIpc) is 2.88. The van der Waals surface area contributed by atoms with Crippen LogP contribution in [0.3, 0.4) is 0 Å². The minimum absolute atomic E-state index is 0.212. The summed E-state index contributed by atoms with van der Waals surface area (Å²) in [6.45, 7) is 5.57. The molecule has 0 saturated carbocycles. The number of benzene rings is 1. The molecular weight excluding hydrogens is 485 g/mol. The predicted octanol–water partition coefficient (Wildman–Crippen LogP) is 3.39. The Kier molecular flexibility index (Phi) is 12.7. The first-order chi connectivity index (χ1) is 18.2. The van der Waals surface area contributed by atoms with Crippen molar-refractivity contribution in [1.29, 1.82) is 0 Å². The number of carbonyl (C=O) groups excluding carboxylic acids is 2. The number of rotatable bonds is 13. The van der Waals surface area contributed by atoms with Crippen LogP contribution in [0.25, 0.3) is 0 Å². The molecule has 0 radical (unpaired) electrons. The maximum Gasteiger partial charge on any atom is 0.246 e. The SMILES string of the molecule is CCCNc1nc(Nc2cccc(F)c2)ncc1C#CCCCNC(=O)C(C)N(C)C(=O)C=CCN(C)C. The average molecular weight is 524 g/mol. The third-order valence-corrected chi connectivity index (χ3v) is 5.45. The van der Waals surface area contributed by atoms with Crippen LogP contribution in [0.2, 0.25) is 0 Å². The van der Waals surface area contributed by atoms with Crippen LogP contribution in [0.1, 0.15) is 38.7 Å². The van der Waals surface area contributed by atoms with E-state index in [1.54, 1.807) is 38.4 Å². The van der Waals surface area contributed by atoms with Gasteiger partial charge >= 0.3 is 0 Å². The second-order valence-corrected chi connectivity index (χ2v) is 9.00. The number of amides is 2. The molecule has 0 aliphatic carbocycles. The number of likely N-dealkylation sites (N-methyl/N-ethyl adjacent to an activating group) is 2. The highest BCUT2D eigenvalue weighted by Gasteiger charge is 2.20. The first-order valence-corrected chi connectivity index (χ1v) is 12.7. The van der Waals surface area contributed by atoms with Crippen molar-refractivity contribution < 1.29 is 14.0 Å². The summed E-state index contributed by atoms with van der Waals surface area (Å²) in [5, 5.41) is 9.11. The third kappa shape index (κ3) is 10.6. The molecule has 1 aromatic carbocycles. The fraction of sp³-hybridized carbons (Fsp3) is 0.429. The Hall–Kier alpha value is -3.97. The molecule has 10 heteroatoms. The number of anilines is 3. The summed E-state index contributed by atoms with van der Waals surface area (Å²) in [7, 11) is 5.45. The molecule has 2 amide bonds. The maximum absolute atomic E-state index is 13.5. The van der Waals surface area contributed by atoms with Crippen molar-refractivity contribution in [1.82, 2.24) is 25.1 Å². The van der Waals surface area contributed by atoms with Crippen molar-refractivity contribution in [2.45, 2.75) is 39.2 Å². The summed E-state index contributed by atoms with van der Waals surface area (Å²) in [6, 6.07) is 5.50. The van der Waals surface area contributed by atoms with E-state index in [9.17, 15) is 14.0 Å². The van der Waals surface area contributed by atoms with Crippen LogP contribution in [0, 0.1) is 17.7 Å². The van der Waals surface area contributed by atoms with Gasteiger partial charge in [0.1, 0.15) is 17.7 Å². The standard InChI is InChI=1S/C28H38FN7O2/c1-6-16-30-26-22(20-32-28(34-26)33-24-14-10-13-23(29)19-24)12-8-7-9-17-31-27(38)21(2)36(5)25(37)15-11-18-35(3)4/h10-11,13-15,19-21H,6-7,9,16-18H2,1-5H3,(H,31,38)(H2,30,32,33,34). The Balaban J connectivity index is 1.87. The minimum Gasteiger partial charge on any atom is -0.369 e. The number of nitrogens with zero attached hydrogens (tertiary/aromatic N) is 4. The van der Waals surface area contributed by atoms with Gasteiger partial charge in [-0.2, -0.15) is 4.98 Å². The van der Waals surface area contributed by atoms with E-state index in [0.717, 1.165) is 13.0 Å². The number of unbranched alkanes of at least 4 members (excludes halogenated alkanes) is 1. The van der Waals surface area contributed by atoms with Gasteiger partial charge in [-0.15, -0.1) is 0 Å². The lowest BCUT2D eigenvalue weighted by Gasteiger charge is -2.23. The van der Waals surface area contributed by atoms with Crippen molar-refractivity contribution in [3.8, 4) is 11.8 Å². The molecule has 2 aromatic rings. The van der Waals surface area contributed by atoms with E-state index in [1.807, 2.05) is 19.0 Å². The fourth-order valence-electron chi connectivity index (χ4n) is 3.15. The van der Waals surface area contributed by atoms with Crippen molar-refractivity contribution in [3.05, 3.63) is 54.0 Å². The summed E-state index contributed by atoms with van der Waals surface area (Å²) in [5.41, 5.74) is 1.21. The first kappa shape index (κ1) is 30.3. The number of nitrogens with one attached hydrogen (secondary N) is 3.